The molecule has 146 valence electrons. The Kier molecular flexibility index (Phi) is 4.78. The van der Waals surface area contributed by atoms with Gasteiger partial charge in [0.05, 0.1) is 25.6 Å². The predicted molar refractivity (Wildman–Crippen MR) is 97.3 cm³/mol. The molecule has 0 amide bonds. The highest BCUT2D eigenvalue weighted by molar-refractivity contribution is 5.86. The van der Waals surface area contributed by atoms with Gasteiger partial charge in [0.2, 0.25) is 0 Å². The second-order valence-electron chi connectivity index (χ2n) is 8.00. The maximum atomic E-state index is 12.8. The van der Waals surface area contributed by atoms with Crippen molar-refractivity contribution in [3.05, 3.63) is 29.3 Å². The number of fused-ring (bicyclic) bond motifs is 3. The third-order valence-corrected chi connectivity index (χ3v) is 6.44. The van der Waals surface area contributed by atoms with E-state index in [1.807, 2.05) is 13.0 Å². The smallest absolute Gasteiger partial charge is 0.313 e. The Hall–Kier alpha value is -2.37. The van der Waals surface area contributed by atoms with Crippen molar-refractivity contribution in [2.75, 3.05) is 14.2 Å². The summed E-state index contributed by atoms with van der Waals surface area (Å²) in [5.41, 5.74) is 0.601. The number of methoxy groups -OCH3 is 2. The average molecular weight is 374 g/mol. The Balaban J connectivity index is 2.21. The van der Waals surface area contributed by atoms with E-state index in [0.29, 0.717) is 12.2 Å². The monoisotopic (exact) mass is 374 g/mol. The number of hydrogen-bond donors (Lipinski definition) is 0. The second kappa shape index (κ2) is 6.66. The number of rotatable bonds is 3. The van der Waals surface area contributed by atoms with Gasteiger partial charge in [0.25, 0.3) is 0 Å². The van der Waals surface area contributed by atoms with E-state index < -0.39 is 17.3 Å². The summed E-state index contributed by atoms with van der Waals surface area (Å²) in [5, 5.41) is 0. The lowest BCUT2D eigenvalue weighted by molar-refractivity contribution is -0.164. The first kappa shape index (κ1) is 19.4. The summed E-state index contributed by atoms with van der Waals surface area (Å²) in [6.07, 6.45) is 2.37. The molecule has 0 saturated heterocycles. The first-order valence-corrected chi connectivity index (χ1v) is 9.18. The lowest BCUT2D eigenvalue weighted by Gasteiger charge is -2.48. The van der Waals surface area contributed by atoms with Gasteiger partial charge in [0.15, 0.2) is 0 Å². The fraction of sp³-hybridized carbons (Fsp3) is 0.571. The Morgan fingerprint density at radius 3 is 2.37 bits per heavy atom. The Morgan fingerprint density at radius 1 is 1.07 bits per heavy atom. The lowest BCUT2D eigenvalue weighted by atomic mass is 9.54. The number of hydrogen-bond acceptors (Lipinski definition) is 6. The number of ether oxygens (including phenoxy) is 3. The van der Waals surface area contributed by atoms with Gasteiger partial charge < -0.3 is 14.2 Å². The van der Waals surface area contributed by atoms with E-state index in [0.717, 1.165) is 24.0 Å². The van der Waals surface area contributed by atoms with Crippen molar-refractivity contribution in [2.45, 2.75) is 51.4 Å². The highest BCUT2D eigenvalue weighted by Crippen LogP contribution is 2.64. The van der Waals surface area contributed by atoms with Crippen molar-refractivity contribution in [3.8, 4) is 5.75 Å². The molecule has 6 nitrogen and oxygen atoms in total. The summed E-state index contributed by atoms with van der Waals surface area (Å²) >= 11 is 0. The molecule has 1 fully saturated rings. The maximum absolute atomic E-state index is 12.8. The average Bonchev–Trinajstić information content (AvgIpc) is 2.89. The van der Waals surface area contributed by atoms with Gasteiger partial charge in [-0.1, -0.05) is 19.4 Å². The Morgan fingerprint density at radius 2 is 1.78 bits per heavy atom. The summed E-state index contributed by atoms with van der Waals surface area (Å²) in [5.74, 6) is -1.64. The van der Waals surface area contributed by atoms with E-state index in [2.05, 4.69) is 6.92 Å². The third kappa shape index (κ3) is 2.82. The lowest BCUT2D eigenvalue weighted by Crippen LogP contribution is -2.51. The van der Waals surface area contributed by atoms with Crippen molar-refractivity contribution in [2.24, 2.45) is 11.3 Å². The standard InChI is InChI=1S/C21H26O6/c1-12(22)27-13-7-8-15-14(11-13)16(18(23)25-4)17-20(15,2)9-6-10-21(17,3)19(24)26-5/h7-8,11,16-17H,6,9-10H2,1-5H3/t16?,17-,20-,21+/m0/s1. The van der Waals surface area contributed by atoms with Gasteiger partial charge in [0, 0.05) is 12.8 Å². The molecule has 3 rings (SSSR count). The minimum Gasteiger partial charge on any atom is -0.469 e. The molecule has 6 heteroatoms. The molecule has 2 aliphatic carbocycles. The topological polar surface area (TPSA) is 78.9 Å². The second-order valence-corrected chi connectivity index (χ2v) is 8.00. The van der Waals surface area contributed by atoms with Crippen LogP contribution in [-0.4, -0.2) is 32.1 Å². The number of carbonyl (C=O) groups is 3. The molecule has 4 atom stereocenters. The summed E-state index contributed by atoms with van der Waals surface area (Å²) in [6.45, 7) is 5.32. The van der Waals surface area contributed by atoms with Crippen LogP contribution in [0.4, 0.5) is 0 Å². The summed E-state index contributed by atoms with van der Waals surface area (Å²) in [6, 6.07) is 5.39. The van der Waals surface area contributed by atoms with Crippen LogP contribution in [0.3, 0.4) is 0 Å². The van der Waals surface area contributed by atoms with Gasteiger partial charge in [-0.25, -0.2) is 0 Å². The zero-order chi connectivity index (χ0) is 20.0. The van der Waals surface area contributed by atoms with Crippen LogP contribution in [0.1, 0.15) is 57.1 Å². The Labute approximate surface area is 159 Å². The molecule has 0 radical (unpaired) electrons. The van der Waals surface area contributed by atoms with Gasteiger partial charge in [-0.3, -0.25) is 14.4 Å². The predicted octanol–water partition coefficient (Wildman–Crippen LogP) is 3.12. The SMILES string of the molecule is COC(=O)C1c2cc(OC(C)=O)ccc2[C@]2(C)CCC[C@@](C)(C(=O)OC)[C@@H]12. The van der Waals surface area contributed by atoms with Crippen molar-refractivity contribution in [3.63, 3.8) is 0 Å². The number of carbonyl (C=O) groups excluding carboxylic acids is 3. The molecule has 0 spiro atoms. The molecule has 1 saturated carbocycles. The van der Waals surface area contributed by atoms with Crippen molar-refractivity contribution in [1.82, 2.24) is 0 Å². The maximum Gasteiger partial charge on any atom is 0.313 e. The molecule has 0 bridgehead atoms. The molecule has 27 heavy (non-hydrogen) atoms. The normalized spacial score (nSPS) is 31.4. The molecule has 2 aliphatic rings. The fourth-order valence-corrected chi connectivity index (χ4v) is 5.45. The van der Waals surface area contributed by atoms with Crippen molar-refractivity contribution in [1.29, 1.82) is 0 Å². The van der Waals surface area contributed by atoms with E-state index in [9.17, 15) is 14.4 Å². The minimum atomic E-state index is -0.804. The van der Waals surface area contributed by atoms with Gasteiger partial charge in [-0.05, 0) is 48.4 Å². The number of benzene rings is 1. The van der Waals surface area contributed by atoms with Crippen LogP contribution in [0.15, 0.2) is 18.2 Å². The van der Waals surface area contributed by atoms with Gasteiger partial charge in [-0.2, -0.15) is 0 Å². The summed E-state index contributed by atoms with van der Waals surface area (Å²) in [4.78, 5) is 36.9. The zero-order valence-corrected chi connectivity index (χ0v) is 16.5. The van der Waals surface area contributed by atoms with Crippen molar-refractivity contribution >= 4 is 17.9 Å². The molecule has 0 aliphatic heterocycles. The first-order valence-electron chi connectivity index (χ1n) is 9.18. The first-order chi connectivity index (χ1) is 12.7. The van der Waals surface area contributed by atoms with E-state index in [-0.39, 0.29) is 23.3 Å². The molecular formula is C21H26O6. The number of esters is 3. The highest BCUT2D eigenvalue weighted by Gasteiger charge is 2.63. The largest absolute Gasteiger partial charge is 0.469 e. The van der Waals surface area contributed by atoms with Crippen LogP contribution in [0.25, 0.3) is 0 Å². The van der Waals surface area contributed by atoms with Crippen LogP contribution < -0.4 is 4.74 Å². The molecule has 0 N–H and O–H groups in total. The van der Waals surface area contributed by atoms with E-state index in [4.69, 9.17) is 14.2 Å². The van der Waals surface area contributed by atoms with Crippen molar-refractivity contribution < 1.29 is 28.6 Å². The molecule has 0 aromatic heterocycles. The zero-order valence-electron chi connectivity index (χ0n) is 16.5. The molecule has 0 heterocycles. The molecule has 1 aromatic carbocycles. The fourth-order valence-electron chi connectivity index (χ4n) is 5.45. The minimum absolute atomic E-state index is 0.291. The van der Waals surface area contributed by atoms with E-state index >= 15 is 0 Å². The van der Waals surface area contributed by atoms with E-state index in [1.54, 1.807) is 12.1 Å². The van der Waals surface area contributed by atoms with Crippen LogP contribution in [-0.2, 0) is 29.3 Å². The van der Waals surface area contributed by atoms with Crippen LogP contribution in [0.2, 0.25) is 0 Å². The van der Waals surface area contributed by atoms with Crippen LogP contribution in [0, 0.1) is 11.3 Å². The third-order valence-electron chi connectivity index (χ3n) is 6.44. The highest BCUT2D eigenvalue weighted by atomic mass is 16.5. The Bertz CT molecular complexity index is 800. The molecular weight excluding hydrogens is 348 g/mol. The quantitative estimate of drug-likeness (QED) is 0.597. The van der Waals surface area contributed by atoms with Gasteiger partial charge in [0.1, 0.15) is 5.75 Å². The molecule has 1 aromatic rings. The van der Waals surface area contributed by atoms with Gasteiger partial charge >= 0.3 is 17.9 Å². The summed E-state index contributed by atoms with van der Waals surface area (Å²) in [7, 11) is 2.74. The van der Waals surface area contributed by atoms with Crippen LogP contribution in [0.5, 0.6) is 5.75 Å². The van der Waals surface area contributed by atoms with Gasteiger partial charge in [-0.15, -0.1) is 0 Å². The summed E-state index contributed by atoms with van der Waals surface area (Å²) < 4.78 is 15.5. The van der Waals surface area contributed by atoms with E-state index in [1.165, 1.54) is 21.1 Å². The van der Waals surface area contributed by atoms with Crippen LogP contribution >= 0.6 is 0 Å². The molecule has 1 unspecified atom stereocenters.